The number of sulfonamides is 1. The second-order valence-electron chi connectivity index (χ2n) is 14.1. The van der Waals surface area contributed by atoms with Crippen molar-refractivity contribution in [1.82, 2.24) is 33.4 Å². The summed E-state index contributed by atoms with van der Waals surface area (Å²) in [5, 5.41) is 7.46. The number of nitrogens with one attached hydrogen (secondary N) is 1. The van der Waals surface area contributed by atoms with Crippen LogP contribution in [0, 0.1) is 0 Å². The number of aromatic nitrogens is 6. The van der Waals surface area contributed by atoms with Crippen LogP contribution in [0.1, 0.15) is 54.4 Å². The number of oxazole rings is 1. The minimum absolute atomic E-state index is 0.0207. The average Bonchev–Trinajstić information content (AvgIpc) is 3.76. The summed E-state index contributed by atoms with van der Waals surface area (Å²) in [7, 11) is -6.04. The smallest absolute Gasteiger partial charge is 0.467 e. The van der Waals surface area contributed by atoms with E-state index in [2.05, 4.69) is 15.4 Å². The molecule has 274 valence electrons. The third-order valence-electron chi connectivity index (χ3n) is 7.49. The van der Waals surface area contributed by atoms with Crippen molar-refractivity contribution in [2.75, 3.05) is 25.2 Å². The Balaban J connectivity index is 1.21. The van der Waals surface area contributed by atoms with Crippen molar-refractivity contribution in [3.63, 3.8) is 0 Å². The monoisotopic (exact) mass is 742 g/mol. The first-order valence-corrected chi connectivity index (χ1v) is 19.3. The van der Waals surface area contributed by atoms with E-state index in [1.165, 1.54) is 21.3 Å². The quantitative estimate of drug-likeness (QED) is 0.114. The molecule has 1 unspecified atom stereocenters. The molecule has 18 heteroatoms. The first-order chi connectivity index (χ1) is 24.0. The minimum Gasteiger partial charge on any atom is -0.467 e. The van der Waals surface area contributed by atoms with Crippen LogP contribution >= 0.6 is 7.82 Å². The van der Waals surface area contributed by atoms with Gasteiger partial charge in [0.1, 0.15) is 23.4 Å². The molecule has 0 radical (unpaired) electrons. The highest BCUT2D eigenvalue weighted by atomic mass is 32.2. The molecule has 16 nitrogen and oxygen atoms in total. The molecule has 5 aromatic rings. The number of aryl methyl sites for hydroxylation is 1. The van der Waals surface area contributed by atoms with Crippen molar-refractivity contribution < 1.29 is 35.7 Å². The summed E-state index contributed by atoms with van der Waals surface area (Å²) >= 11 is 0. The fraction of sp³-hybridized carbons (Fsp3) is 0.455. The number of hydrogen-bond donors (Lipinski definition) is 1. The Kier molecular flexibility index (Phi) is 10.2. The van der Waals surface area contributed by atoms with Crippen LogP contribution in [0.2, 0.25) is 0 Å². The molecule has 0 spiro atoms. The Bertz CT molecular complexity index is 2130. The van der Waals surface area contributed by atoms with Gasteiger partial charge in [0, 0.05) is 50.3 Å². The maximum atomic E-state index is 13.4. The minimum atomic E-state index is -3.98. The number of phosphoric ester groups is 1. The fourth-order valence-electron chi connectivity index (χ4n) is 5.55. The number of anilines is 1. The van der Waals surface area contributed by atoms with E-state index in [0.29, 0.717) is 53.2 Å². The summed E-state index contributed by atoms with van der Waals surface area (Å²) in [5.74, 6) is 1.12. The molecular formula is C33H43N8O8PS. The summed E-state index contributed by atoms with van der Waals surface area (Å²) in [6.45, 7) is 10.8. The van der Waals surface area contributed by atoms with Gasteiger partial charge in [-0.25, -0.2) is 27.5 Å². The Hall–Kier alpha value is -4.12. The van der Waals surface area contributed by atoms with Crippen LogP contribution in [0.3, 0.4) is 0 Å². The van der Waals surface area contributed by atoms with Crippen LogP contribution in [0.5, 0.6) is 5.75 Å². The molecule has 1 aromatic carbocycles. The van der Waals surface area contributed by atoms with Crippen molar-refractivity contribution in [3.05, 3.63) is 61.3 Å². The molecule has 5 heterocycles. The third kappa shape index (κ3) is 8.86. The fourth-order valence-corrected chi connectivity index (χ4v) is 8.69. The number of phosphoric acid groups is 1. The molecule has 4 aromatic heterocycles. The van der Waals surface area contributed by atoms with Crippen LogP contribution in [0.25, 0.3) is 28.5 Å². The van der Waals surface area contributed by atoms with E-state index >= 15 is 0 Å². The molecule has 0 aliphatic carbocycles. The number of rotatable bonds is 12. The Morgan fingerprint density at radius 1 is 1.04 bits per heavy atom. The zero-order valence-corrected chi connectivity index (χ0v) is 31.3. The summed E-state index contributed by atoms with van der Waals surface area (Å²) in [4.78, 5) is 14.0. The van der Waals surface area contributed by atoms with E-state index in [9.17, 15) is 13.0 Å². The molecule has 1 aliphatic heterocycles. The predicted molar refractivity (Wildman–Crippen MR) is 188 cm³/mol. The first-order valence-electron chi connectivity index (χ1n) is 16.4. The standard InChI is InChI=1S/C33H43N8O8PS/c1-32(2,3)48-50(42,49-33(4,5)6)47-22-46-25-12-8-10-23(20-25)28-29(41-18-19-45-31(41)37-28)26-13-15-34-30(36-26)35-24-11-9-16-40(21-24)51(43,44)27-14-17-39(7)38-27/h8,10,12-15,17-20,24H,9,11,16,21-22H2,1-7H3,(H,34,35,36). The summed E-state index contributed by atoms with van der Waals surface area (Å²) < 4.78 is 73.0. The number of imidazole rings is 1. The second-order valence-corrected chi connectivity index (χ2v) is 17.5. The SMILES string of the molecule is Cn1ccc(S(=O)(=O)N2CCCC(Nc3nccc(-c4c(-c5cccc(OCOP(=O)(OC(C)(C)C)OC(C)(C)C)c5)nc5occn45)n3)C2)n1. The molecule has 1 aliphatic rings. The van der Waals surface area contributed by atoms with Crippen LogP contribution in [0.4, 0.5) is 5.95 Å². The van der Waals surface area contributed by atoms with Crippen LogP contribution in [-0.2, 0) is 35.2 Å². The molecule has 1 N–H and O–H groups in total. The highest BCUT2D eigenvalue weighted by Crippen LogP contribution is 2.55. The Labute approximate surface area is 296 Å². The molecule has 0 amide bonds. The molecule has 51 heavy (non-hydrogen) atoms. The lowest BCUT2D eigenvalue weighted by Gasteiger charge is -2.31. The normalized spacial score (nSPS) is 16.5. The van der Waals surface area contributed by atoms with E-state index in [-0.39, 0.29) is 17.6 Å². The van der Waals surface area contributed by atoms with Gasteiger partial charge in [-0.05, 0) is 78.6 Å². The second kappa shape index (κ2) is 14.1. The summed E-state index contributed by atoms with van der Waals surface area (Å²) in [5.41, 5.74) is 0.874. The maximum absolute atomic E-state index is 13.4. The zero-order valence-electron chi connectivity index (χ0n) is 29.6. The van der Waals surface area contributed by atoms with Gasteiger partial charge in [0.15, 0.2) is 11.8 Å². The van der Waals surface area contributed by atoms with E-state index < -0.39 is 35.8 Å². The number of ether oxygens (including phenoxy) is 1. The highest BCUT2D eigenvalue weighted by molar-refractivity contribution is 7.89. The van der Waals surface area contributed by atoms with Gasteiger partial charge >= 0.3 is 13.7 Å². The average molecular weight is 743 g/mol. The largest absolute Gasteiger partial charge is 0.478 e. The third-order valence-corrected chi connectivity index (χ3v) is 11.2. The van der Waals surface area contributed by atoms with Gasteiger partial charge in [0.25, 0.3) is 10.0 Å². The van der Waals surface area contributed by atoms with E-state index in [1.807, 2.05) is 6.07 Å². The molecule has 1 fully saturated rings. The van der Waals surface area contributed by atoms with Crippen LogP contribution in [0.15, 0.2) is 70.7 Å². The van der Waals surface area contributed by atoms with Crippen LogP contribution in [-0.4, -0.2) is 79.0 Å². The molecule has 1 saturated heterocycles. The molecule has 0 saturated carbocycles. The van der Waals surface area contributed by atoms with Crippen molar-refractivity contribution in [3.8, 4) is 28.4 Å². The van der Waals surface area contributed by atoms with Crippen molar-refractivity contribution >= 4 is 29.6 Å². The lowest BCUT2D eigenvalue weighted by molar-refractivity contribution is -0.0189. The number of benzene rings is 1. The first kappa shape index (κ1) is 36.7. The predicted octanol–water partition coefficient (Wildman–Crippen LogP) is 6.14. The number of nitrogens with zero attached hydrogens (tertiary/aromatic N) is 7. The number of hydrogen-bond acceptors (Lipinski definition) is 13. The summed E-state index contributed by atoms with van der Waals surface area (Å²) in [6, 6.07) is 10.2. The molecule has 1 atom stereocenters. The van der Waals surface area contributed by atoms with Gasteiger partial charge in [0.05, 0.1) is 16.9 Å². The maximum Gasteiger partial charge on any atom is 0.478 e. The molecule has 0 bridgehead atoms. The van der Waals surface area contributed by atoms with Crippen molar-refractivity contribution in [2.45, 2.75) is 76.7 Å². The Morgan fingerprint density at radius 2 is 1.80 bits per heavy atom. The van der Waals surface area contributed by atoms with Gasteiger partial charge in [-0.1, -0.05) is 12.1 Å². The van der Waals surface area contributed by atoms with Gasteiger partial charge in [0.2, 0.25) is 5.95 Å². The van der Waals surface area contributed by atoms with Gasteiger partial charge in [-0.3, -0.25) is 18.1 Å². The topological polar surface area (TPSA) is 177 Å². The number of piperidine rings is 1. The Morgan fingerprint density at radius 3 is 2.51 bits per heavy atom. The van der Waals surface area contributed by atoms with Crippen molar-refractivity contribution in [1.29, 1.82) is 0 Å². The van der Waals surface area contributed by atoms with Gasteiger partial charge in [-0.2, -0.15) is 14.4 Å². The molecular weight excluding hydrogens is 699 g/mol. The van der Waals surface area contributed by atoms with E-state index in [1.54, 1.807) is 95.8 Å². The van der Waals surface area contributed by atoms with Crippen molar-refractivity contribution in [2.24, 2.45) is 7.05 Å². The zero-order chi connectivity index (χ0) is 36.6. The lowest BCUT2D eigenvalue weighted by atomic mass is 10.1. The highest BCUT2D eigenvalue weighted by Gasteiger charge is 2.37. The van der Waals surface area contributed by atoms with E-state index in [4.69, 9.17) is 32.7 Å². The van der Waals surface area contributed by atoms with E-state index in [0.717, 1.165) is 6.42 Å². The lowest BCUT2D eigenvalue weighted by Crippen LogP contribution is -2.45. The number of fused-ring (bicyclic) bond motifs is 1. The van der Waals surface area contributed by atoms with Gasteiger partial charge < -0.3 is 14.5 Å². The summed E-state index contributed by atoms with van der Waals surface area (Å²) in [6.07, 6.45) is 7.92. The molecule has 6 rings (SSSR count). The van der Waals surface area contributed by atoms with Gasteiger partial charge in [-0.15, -0.1) is 0 Å². The van der Waals surface area contributed by atoms with Crippen LogP contribution < -0.4 is 10.1 Å².